The monoisotopic (exact) mass is 353 g/mol. The number of nitrogens with one attached hydrogen (secondary N) is 1. The van der Waals surface area contributed by atoms with Crippen LogP contribution in [0.15, 0.2) is 18.2 Å². The lowest BCUT2D eigenvalue weighted by molar-refractivity contribution is -0.158. The minimum Gasteiger partial charge on any atom is -0.372 e. The highest BCUT2D eigenvalue weighted by Crippen LogP contribution is 2.48. The van der Waals surface area contributed by atoms with E-state index in [1.54, 1.807) is 6.07 Å². The van der Waals surface area contributed by atoms with E-state index in [-0.39, 0.29) is 30.8 Å². The van der Waals surface area contributed by atoms with Gasteiger partial charge in [-0.15, -0.1) is 0 Å². The molecule has 1 aromatic rings. The van der Waals surface area contributed by atoms with Gasteiger partial charge in [0, 0.05) is 12.2 Å². The van der Waals surface area contributed by atoms with Crippen LogP contribution in [-0.4, -0.2) is 42.4 Å². The Morgan fingerprint density at radius 2 is 2.08 bits per heavy atom. The molecule has 0 radical (unpaired) electrons. The Balaban J connectivity index is 1.92. The topological polar surface area (TPSA) is 80.1 Å². The zero-order valence-corrected chi connectivity index (χ0v) is 14.6. The number of carbonyl (C=O) groups excluding carboxylic acids is 3. The fourth-order valence-electron chi connectivity index (χ4n) is 4.68. The molecule has 2 fully saturated rings. The Morgan fingerprint density at radius 3 is 2.77 bits per heavy atom. The minimum atomic E-state index is -1.35. The number of hydrogen-bond donors (Lipinski definition) is 1. The van der Waals surface area contributed by atoms with Crippen LogP contribution in [0.4, 0.5) is 11.4 Å². The van der Waals surface area contributed by atoms with Gasteiger partial charge in [-0.1, -0.05) is 12.1 Å². The number of rotatable bonds is 0. The number of ketones is 1. The molecule has 2 saturated heterocycles. The summed E-state index contributed by atoms with van der Waals surface area (Å²) in [5, 5.41) is 2.36. The average molecular weight is 353 g/mol. The largest absolute Gasteiger partial charge is 0.372 e. The lowest BCUT2D eigenvalue weighted by Gasteiger charge is -2.55. The summed E-state index contributed by atoms with van der Waals surface area (Å²) in [5.41, 5.74) is 0.876. The third kappa shape index (κ3) is 2.19. The van der Waals surface area contributed by atoms with Crippen LogP contribution in [0.2, 0.25) is 0 Å². The fourth-order valence-corrected chi connectivity index (χ4v) is 4.68. The maximum Gasteiger partial charge on any atom is 0.242 e. The molecule has 26 heavy (non-hydrogen) atoms. The fraction of sp³-hybridized carbons (Fsp3) is 0.474. The lowest BCUT2D eigenvalue weighted by Crippen LogP contribution is -2.72. The standard InChI is InChI=1S/C19H19N3O4/c1-10-9-22-14-6-13(20-3)5-4-12(14)8-19(17(22)11(2)26-10)15(23)7-16(24)21-18(19)25/h4-6,10-11,17H,7-9H2,1-2H3,(H,21,24,25)/t10-,11+,17-,19?/m1/s1. The number of anilines is 1. The molecule has 134 valence electrons. The van der Waals surface area contributed by atoms with E-state index in [1.807, 2.05) is 30.9 Å². The van der Waals surface area contributed by atoms with E-state index in [9.17, 15) is 14.4 Å². The van der Waals surface area contributed by atoms with Gasteiger partial charge in [-0.2, -0.15) is 0 Å². The van der Waals surface area contributed by atoms with Crippen molar-refractivity contribution in [1.82, 2.24) is 5.32 Å². The van der Waals surface area contributed by atoms with E-state index >= 15 is 0 Å². The average Bonchev–Trinajstić information content (AvgIpc) is 2.58. The molecule has 0 bridgehead atoms. The summed E-state index contributed by atoms with van der Waals surface area (Å²) >= 11 is 0. The zero-order valence-electron chi connectivity index (χ0n) is 14.6. The molecule has 3 heterocycles. The Labute approximate surface area is 151 Å². The number of hydrogen-bond acceptors (Lipinski definition) is 5. The van der Waals surface area contributed by atoms with Gasteiger partial charge in [-0.3, -0.25) is 19.7 Å². The second-order valence-electron chi connectivity index (χ2n) is 7.30. The normalized spacial score (nSPS) is 33.3. The van der Waals surface area contributed by atoms with E-state index in [0.717, 1.165) is 11.3 Å². The first-order valence-corrected chi connectivity index (χ1v) is 8.67. The van der Waals surface area contributed by atoms with Crippen molar-refractivity contribution in [3.63, 3.8) is 0 Å². The van der Waals surface area contributed by atoms with Crippen LogP contribution in [0.1, 0.15) is 25.8 Å². The number of amides is 2. The molecular formula is C19H19N3O4. The van der Waals surface area contributed by atoms with Crippen LogP contribution < -0.4 is 10.2 Å². The number of morpholine rings is 1. The van der Waals surface area contributed by atoms with E-state index < -0.39 is 23.3 Å². The van der Waals surface area contributed by atoms with Crippen molar-refractivity contribution in [2.75, 3.05) is 11.4 Å². The molecule has 7 nitrogen and oxygen atoms in total. The number of imide groups is 1. The number of fused-ring (bicyclic) bond motifs is 4. The number of benzene rings is 1. The van der Waals surface area contributed by atoms with Gasteiger partial charge in [0.2, 0.25) is 11.8 Å². The summed E-state index contributed by atoms with van der Waals surface area (Å²) < 4.78 is 5.96. The molecule has 1 unspecified atom stereocenters. The van der Waals surface area contributed by atoms with Gasteiger partial charge in [0.15, 0.2) is 11.5 Å². The highest BCUT2D eigenvalue weighted by Gasteiger charge is 2.62. The first kappa shape index (κ1) is 16.7. The Hall–Kier alpha value is -2.72. The quantitative estimate of drug-likeness (QED) is 0.433. The predicted octanol–water partition coefficient (Wildman–Crippen LogP) is 1.38. The van der Waals surface area contributed by atoms with Gasteiger partial charge in [-0.05, 0) is 31.9 Å². The molecule has 7 heteroatoms. The second-order valence-corrected chi connectivity index (χ2v) is 7.30. The molecule has 0 aromatic heterocycles. The molecular weight excluding hydrogens is 334 g/mol. The third-order valence-electron chi connectivity index (χ3n) is 5.64. The van der Waals surface area contributed by atoms with Crippen molar-refractivity contribution in [1.29, 1.82) is 0 Å². The van der Waals surface area contributed by atoms with Crippen molar-refractivity contribution >= 4 is 29.0 Å². The van der Waals surface area contributed by atoms with Gasteiger partial charge >= 0.3 is 0 Å². The number of ether oxygens (including phenoxy) is 1. The summed E-state index contributed by atoms with van der Waals surface area (Å²) in [4.78, 5) is 43.1. The number of nitrogens with zero attached hydrogens (tertiary/aromatic N) is 2. The van der Waals surface area contributed by atoms with Crippen molar-refractivity contribution in [2.24, 2.45) is 5.41 Å². The molecule has 3 aliphatic heterocycles. The molecule has 2 amide bonds. The minimum absolute atomic E-state index is 0.0794. The molecule has 0 saturated carbocycles. The van der Waals surface area contributed by atoms with Crippen LogP contribution in [0.25, 0.3) is 4.85 Å². The van der Waals surface area contributed by atoms with Crippen LogP contribution in [-0.2, 0) is 25.5 Å². The molecule has 1 N–H and O–H groups in total. The van der Waals surface area contributed by atoms with Gasteiger partial charge in [0.25, 0.3) is 0 Å². The van der Waals surface area contributed by atoms with E-state index in [1.165, 1.54) is 0 Å². The zero-order chi connectivity index (χ0) is 18.6. The summed E-state index contributed by atoms with van der Waals surface area (Å²) in [6.07, 6.45) is -0.536. The van der Waals surface area contributed by atoms with Crippen molar-refractivity contribution in [3.05, 3.63) is 35.2 Å². The van der Waals surface area contributed by atoms with Crippen LogP contribution in [0.3, 0.4) is 0 Å². The lowest BCUT2D eigenvalue weighted by atomic mass is 9.63. The van der Waals surface area contributed by atoms with Crippen LogP contribution in [0.5, 0.6) is 0 Å². The number of piperidine rings is 1. The van der Waals surface area contributed by atoms with Gasteiger partial charge in [-0.25, -0.2) is 4.85 Å². The summed E-state index contributed by atoms with van der Waals surface area (Å²) in [7, 11) is 0. The molecule has 1 aromatic carbocycles. The second kappa shape index (κ2) is 5.64. The molecule has 1 spiro atoms. The first-order chi connectivity index (χ1) is 12.4. The van der Waals surface area contributed by atoms with Gasteiger partial charge in [0.1, 0.15) is 5.41 Å². The SMILES string of the molecule is [C-]#[N+]c1ccc2c(c1)N1C[C@@H](C)O[C@@H](C)[C@@H]1C1(C2)C(=O)CC(=O)NC1=O. The van der Waals surface area contributed by atoms with Crippen molar-refractivity contribution in [2.45, 2.75) is 44.9 Å². The van der Waals surface area contributed by atoms with Gasteiger partial charge in [0.05, 0.1) is 31.2 Å². The van der Waals surface area contributed by atoms with Crippen LogP contribution in [0, 0.1) is 12.0 Å². The Bertz CT molecular complexity index is 852. The highest BCUT2D eigenvalue weighted by atomic mass is 16.5. The van der Waals surface area contributed by atoms with Crippen molar-refractivity contribution < 1.29 is 19.1 Å². The molecule has 4 atom stereocenters. The third-order valence-corrected chi connectivity index (χ3v) is 5.64. The predicted molar refractivity (Wildman–Crippen MR) is 92.8 cm³/mol. The Kier molecular flexibility index (Phi) is 3.63. The number of carbonyl (C=O) groups is 3. The maximum atomic E-state index is 13.0. The molecule has 4 rings (SSSR count). The van der Waals surface area contributed by atoms with E-state index in [4.69, 9.17) is 11.3 Å². The van der Waals surface area contributed by atoms with Gasteiger partial charge < -0.3 is 9.64 Å². The number of Topliss-reactive ketones (excluding diaryl/α,β-unsaturated/α-hetero) is 1. The van der Waals surface area contributed by atoms with Crippen LogP contribution >= 0.6 is 0 Å². The summed E-state index contributed by atoms with van der Waals surface area (Å²) in [5.74, 6) is -1.45. The first-order valence-electron chi connectivity index (χ1n) is 8.67. The molecule has 3 aliphatic rings. The van der Waals surface area contributed by atoms with E-state index in [2.05, 4.69) is 10.2 Å². The smallest absolute Gasteiger partial charge is 0.242 e. The van der Waals surface area contributed by atoms with Crippen molar-refractivity contribution in [3.8, 4) is 0 Å². The maximum absolute atomic E-state index is 13.0. The molecule has 0 aliphatic carbocycles. The summed E-state index contributed by atoms with van der Waals surface area (Å²) in [6, 6.07) is 4.81. The summed E-state index contributed by atoms with van der Waals surface area (Å²) in [6.45, 7) is 11.6. The Morgan fingerprint density at radius 1 is 1.31 bits per heavy atom. The van der Waals surface area contributed by atoms with E-state index in [0.29, 0.717) is 12.2 Å². The highest BCUT2D eigenvalue weighted by molar-refractivity contribution is 6.22.